The van der Waals surface area contributed by atoms with Crippen LogP contribution < -0.4 is 5.32 Å². The molecule has 2 rings (SSSR count). The molecule has 2 aromatic rings. The molecule has 2 atom stereocenters. The second kappa shape index (κ2) is 6.48. The molecule has 0 amide bonds. The highest BCUT2D eigenvalue weighted by molar-refractivity contribution is 9.10. The monoisotopic (exact) mass is 325 g/mol. The van der Waals surface area contributed by atoms with Crippen molar-refractivity contribution in [2.45, 2.75) is 19.0 Å². The third-order valence-corrected chi connectivity index (χ3v) is 4.73. The highest BCUT2D eigenvalue weighted by atomic mass is 79.9. The topological polar surface area (TPSA) is 32.3 Å². The molecule has 0 spiro atoms. The van der Waals surface area contributed by atoms with Crippen LogP contribution in [0.5, 0.6) is 0 Å². The van der Waals surface area contributed by atoms with Crippen LogP contribution in [0.3, 0.4) is 0 Å². The highest BCUT2D eigenvalue weighted by Crippen LogP contribution is 2.27. The van der Waals surface area contributed by atoms with Crippen LogP contribution in [0.15, 0.2) is 46.3 Å². The molecule has 1 aromatic heterocycles. The molecule has 18 heavy (non-hydrogen) atoms. The maximum atomic E-state index is 9.51. The van der Waals surface area contributed by atoms with E-state index in [4.69, 9.17) is 0 Å². The Morgan fingerprint density at radius 2 is 2.06 bits per heavy atom. The molecule has 0 aliphatic rings. The Morgan fingerprint density at radius 1 is 1.33 bits per heavy atom. The van der Waals surface area contributed by atoms with E-state index in [2.05, 4.69) is 39.6 Å². The minimum Gasteiger partial charge on any atom is -0.394 e. The first-order valence-electron chi connectivity index (χ1n) is 5.86. The number of halogens is 1. The number of aliphatic hydroxyl groups excluding tert-OH is 1. The average molecular weight is 326 g/mol. The van der Waals surface area contributed by atoms with Crippen LogP contribution in [-0.4, -0.2) is 11.7 Å². The fraction of sp³-hybridized carbons (Fsp3) is 0.286. The summed E-state index contributed by atoms with van der Waals surface area (Å²) < 4.78 is 1.11. The lowest BCUT2D eigenvalue weighted by Crippen LogP contribution is -2.26. The molecule has 1 heterocycles. The molecule has 0 radical (unpaired) electrons. The van der Waals surface area contributed by atoms with Gasteiger partial charge in [-0.1, -0.05) is 30.3 Å². The third kappa shape index (κ3) is 3.42. The minimum atomic E-state index is -0.0259. The van der Waals surface area contributed by atoms with Crippen molar-refractivity contribution in [3.63, 3.8) is 0 Å². The quantitative estimate of drug-likeness (QED) is 0.873. The summed E-state index contributed by atoms with van der Waals surface area (Å²) in [6, 6.07) is 12.3. The number of thiophene rings is 1. The van der Waals surface area contributed by atoms with Gasteiger partial charge in [-0.25, -0.2) is 0 Å². The predicted molar refractivity (Wildman–Crippen MR) is 79.8 cm³/mol. The second-order valence-electron chi connectivity index (χ2n) is 4.20. The Balaban J connectivity index is 2.07. The van der Waals surface area contributed by atoms with Crippen LogP contribution in [0.1, 0.15) is 29.4 Å². The lowest BCUT2D eigenvalue weighted by Gasteiger charge is -2.21. The molecule has 2 N–H and O–H groups in total. The Morgan fingerprint density at radius 3 is 2.61 bits per heavy atom. The van der Waals surface area contributed by atoms with Gasteiger partial charge in [-0.2, -0.15) is 0 Å². The lowest BCUT2D eigenvalue weighted by atomic mass is 10.1. The molecule has 0 aliphatic carbocycles. The zero-order valence-corrected chi connectivity index (χ0v) is 12.5. The Labute approximate surface area is 120 Å². The van der Waals surface area contributed by atoms with Gasteiger partial charge in [-0.15, -0.1) is 11.3 Å². The molecule has 0 bridgehead atoms. The Bertz CT molecular complexity index is 486. The first-order valence-corrected chi connectivity index (χ1v) is 7.53. The molecule has 4 heteroatoms. The molecule has 0 saturated heterocycles. The number of aliphatic hydroxyl groups is 1. The van der Waals surface area contributed by atoms with E-state index >= 15 is 0 Å². The molecular weight excluding hydrogens is 310 g/mol. The average Bonchev–Trinajstić information content (AvgIpc) is 2.83. The SMILES string of the molecule is CC(N[C@H](CO)c1ccccc1)c1cc(Br)cs1. The van der Waals surface area contributed by atoms with E-state index in [9.17, 15) is 5.11 Å². The van der Waals surface area contributed by atoms with Crippen molar-refractivity contribution in [1.29, 1.82) is 0 Å². The van der Waals surface area contributed by atoms with Gasteiger partial charge in [0.05, 0.1) is 12.6 Å². The Kier molecular flexibility index (Phi) is 4.95. The van der Waals surface area contributed by atoms with Crippen LogP contribution in [0.2, 0.25) is 0 Å². The molecule has 0 aliphatic heterocycles. The number of hydrogen-bond donors (Lipinski definition) is 2. The smallest absolute Gasteiger partial charge is 0.0626 e. The summed E-state index contributed by atoms with van der Waals surface area (Å²) in [6.07, 6.45) is 0. The summed E-state index contributed by atoms with van der Waals surface area (Å²) in [7, 11) is 0. The maximum absolute atomic E-state index is 9.51. The van der Waals surface area contributed by atoms with Crippen molar-refractivity contribution < 1.29 is 5.11 Å². The maximum Gasteiger partial charge on any atom is 0.0626 e. The van der Waals surface area contributed by atoms with Gasteiger partial charge in [0.25, 0.3) is 0 Å². The van der Waals surface area contributed by atoms with Crippen molar-refractivity contribution in [2.75, 3.05) is 6.61 Å². The second-order valence-corrected chi connectivity index (χ2v) is 6.06. The van der Waals surface area contributed by atoms with Gasteiger partial charge in [-0.3, -0.25) is 0 Å². The summed E-state index contributed by atoms with van der Waals surface area (Å²) in [6.45, 7) is 2.21. The molecule has 96 valence electrons. The van der Waals surface area contributed by atoms with Gasteiger partial charge in [-0.05, 0) is 34.5 Å². The van der Waals surface area contributed by atoms with Crippen molar-refractivity contribution in [2.24, 2.45) is 0 Å². The zero-order valence-electron chi connectivity index (χ0n) is 10.1. The molecule has 0 fully saturated rings. The van der Waals surface area contributed by atoms with E-state index in [0.29, 0.717) is 0 Å². The summed E-state index contributed by atoms with van der Waals surface area (Å²) >= 11 is 5.18. The molecule has 2 nitrogen and oxygen atoms in total. The first kappa shape index (κ1) is 13.7. The number of nitrogens with one attached hydrogen (secondary N) is 1. The molecule has 1 aromatic carbocycles. The minimum absolute atomic E-state index is 0.0259. The summed E-state index contributed by atoms with van der Waals surface area (Å²) in [4.78, 5) is 1.26. The first-order chi connectivity index (χ1) is 8.70. The van der Waals surface area contributed by atoms with Gasteiger partial charge in [0.2, 0.25) is 0 Å². The number of benzene rings is 1. The van der Waals surface area contributed by atoms with E-state index in [1.54, 1.807) is 11.3 Å². The van der Waals surface area contributed by atoms with Crippen LogP contribution in [0.4, 0.5) is 0 Å². The van der Waals surface area contributed by atoms with Gasteiger partial charge in [0.1, 0.15) is 0 Å². The molecule has 0 saturated carbocycles. The third-order valence-electron chi connectivity index (χ3n) is 2.85. The van der Waals surface area contributed by atoms with Gasteiger partial charge < -0.3 is 10.4 Å². The van der Waals surface area contributed by atoms with E-state index < -0.39 is 0 Å². The van der Waals surface area contributed by atoms with Crippen LogP contribution in [0, 0.1) is 0 Å². The van der Waals surface area contributed by atoms with Crippen molar-refractivity contribution >= 4 is 27.3 Å². The van der Waals surface area contributed by atoms with Crippen LogP contribution in [0.25, 0.3) is 0 Å². The summed E-state index contributed by atoms with van der Waals surface area (Å²) in [5.74, 6) is 0. The number of rotatable bonds is 5. The van der Waals surface area contributed by atoms with Gasteiger partial charge >= 0.3 is 0 Å². The predicted octanol–water partition coefficient (Wildman–Crippen LogP) is 3.89. The van der Waals surface area contributed by atoms with Crippen LogP contribution in [-0.2, 0) is 0 Å². The summed E-state index contributed by atoms with van der Waals surface area (Å²) in [5.41, 5.74) is 1.11. The lowest BCUT2D eigenvalue weighted by molar-refractivity contribution is 0.236. The van der Waals surface area contributed by atoms with E-state index in [1.807, 2.05) is 30.3 Å². The van der Waals surface area contributed by atoms with Crippen molar-refractivity contribution in [1.82, 2.24) is 5.32 Å². The molecule has 1 unspecified atom stereocenters. The van der Waals surface area contributed by atoms with E-state index in [1.165, 1.54) is 4.88 Å². The fourth-order valence-electron chi connectivity index (χ4n) is 1.88. The molecular formula is C14H16BrNOS. The van der Waals surface area contributed by atoms with E-state index in [0.717, 1.165) is 10.0 Å². The fourth-order valence-corrected chi connectivity index (χ4v) is 3.34. The normalized spacial score (nSPS) is 14.4. The highest BCUT2D eigenvalue weighted by Gasteiger charge is 2.15. The van der Waals surface area contributed by atoms with Crippen LogP contribution >= 0.6 is 27.3 Å². The largest absolute Gasteiger partial charge is 0.394 e. The number of hydrogen-bond acceptors (Lipinski definition) is 3. The van der Waals surface area contributed by atoms with Crippen molar-refractivity contribution in [3.05, 3.63) is 56.7 Å². The standard InChI is InChI=1S/C14H16BrNOS/c1-10(14-7-12(15)9-18-14)16-13(8-17)11-5-3-2-4-6-11/h2-7,9-10,13,16-17H,8H2,1H3/t10?,13-/m1/s1. The Hall–Kier alpha value is -0.680. The van der Waals surface area contributed by atoms with Gasteiger partial charge in [0, 0.05) is 20.8 Å². The van der Waals surface area contributed by atoms with Gasteiger partial charge in [0.15, 0.2) is 0 Å². The van der Waals surface area contributed by atoms with E-state index in [-0.39, 0.29) is 18.7 Å². The zero-order chi connectivity index (χ0) is 13.0. The van der Waals surface area contributed by atoms with Crippen molar-refractivity contribution in [3.8, 4) is 0 Å². The summed E-state index contributed by atoms with van der Waals surface area (Å²) in [5, 5.41) is 15.0.